The summed E-state index contributed by atoms with van der Waals surface area (Å²) in [6.07, 6.45) is 10.8. The van der Waals surface area contributed by atoms with Crippen LogP contribution in [0.25, 0.3) is 11.1 Å². The first-order valence-electron chi connectivity index (χ1n) is 13.3. The summed E-state index contributed by atoms with van der Waals surface area (Å²) in [6, 6.07) is 6.30. The van der Waals surface area contributed by atoms with Crippen molar-refractivity contribution >= 4 is 40.9 Å². The summed E-state index contributed by atoms with van der Waals surface area (Å²) < 4.78 is 10.6. The lowest BCUT2D eigenvalue weighted by atomic mass is 9.91. The van der Waals surface area contributed by atoms with Crippen LogP contribution >= 0.6 is 12.0 Å². The molecule has 4 rings (SSSR count). The van der Waals surface area contributed by atoms with Crippen LogP contribution in [0.1, 0.15) is 88.7 Å². The number of para-hydroxylation sites is 2. The molecule has 0 radical (unpaired) electrons. The zero-order chi connectivity index (χ0) is 25.8. The minimum absolute atomic E-state index is 0.0375. The van der Waals surface area contributed by atoms with E-state index in [-0.39, 0.29) is 17.6 Å². The zero-order valence-corrected chi connectivity index (χ0v) is 22.3. The zero-order valence-electron chi connectivity index (χ0n) is 21.5. The lowest BCUT2D eigenvalue weighted by Gasteiger charge is -2.16. The highest BCUT2D eigenvalue weighted by Crippen LogP contribution is 2.22. The molecule has 1 aromatic carbocycles. The predicted octanol–water partition coefficient (Wildman–Crippen LogP) is 6.15. The number of rotatable bonds is 9. The molecule has 2 heterocycles. The molecule has 1 saturated heterocycles. The molecular weight excluding hydrogens is 478 g/mol. The van der Waals surface area contributed by atoms with Crippen LogP contribution in [0.4, 0.5) is 4.79 Å². The number of Topliss-reactive ketones (excluding diaryl/α,β-unsaturated/α-hetero) is 1. The quantitative estimate of drug-likeness (QED) is 0.314. The third kappa shape index (κ3) is 8.84. The lowest BCUT2D eigenvalue weighted by Crippen LogP contribution is -2.41. The van der Waals surface area contributed by atoms with E-state index in [0.717, 1.165) is 56.7 Å². The molecule has 2 amide bonds. The van der Waals surface area contributed by atoms with Crippen LogP contribution in [0, 0.1) is 5.92 Å². The maximum Gasteiger partial charge on any atom is 0.419 e. The van der Waals surface area contributed by atoms with Crippen LogP contribution in [-0.4, -0.2) is 52.6 Å². The highest BCUT2D eigenvalue weighted by atomic mass is 32.2. The van der Waals surface area contributed by atoms with Crippen LogP contribution in [0.15, 0.2) is 28.7 Å². The van der Waals surface area contributed by atoms with E-state index in [2.05, 4.69) is 17.2 Å². The topological polar surface area (TPSA) is 102 Å². The van der Waals surface area contributed by atoms with Crippen molar-refractivity contribution in [2.75, 3.05) is 18.8 Å². The van der Waals surface area contributed by atoms with Crippen LogP contribution < -0.4 is 5.32 Å². The fraction of sp³-hybridized carbons (Fsp3) is 0.630. The molecule has 1 aliphatic heterocycles. The average molecular weight is 518 g/mol. The number of amides is 2. The molecule has 9 heteroatoms. The highest BCUT2D eigenvalue weighted by molar-refractivity contribution is 7.95. The number of likely N-dealkylation sites (tertiary alicyclic amines) is 1. The smallest absolute Gasteiger partial charge is 0.419 e. The minimum atomic E-state index is -0.801. The van der Waals surface area contributed by atoms with Gasteiger partial charge in [-0.15, -0.1) is 0 Å². The van der Waals surface area contributed by atoms with E-state index in [4.69, 9.17) is 8.60 Å². The van der Waals surface area contributed by atoms with Crippen molar-refractivity contribution in [3.8, 4) is 0 Å². The second-order valence-electron chi connectivity index (χ2n) is 9.65. The summed E-state index contributed by atoms with van der Waals surface area (Å²) in [5.74, 6) is 0.611. The first kappa shape index (κ1) is 28.0. The lowest BCUT2D eigenvalue weighted by molar-refractivity contribution is -0.127. The molecule has 2 fully saturated rings. The second kappa shape index (κ2) is 14.9. The molecule has 1 atom stereocenters. The van der Waals surface area contributed by atoms with Gasteiger partial charge in [0.2, 0.25) is 11.7 Å². The third-order valence-corrected chi connectivity index (χ3v) is 7.26. The number of carbonyl (C=O) groups excluding carboxylic acids is 3. The molecule has 1 aliphatic carbocycles. The molecule has 198 valence electrons. The second-order valence-corrected chi connectivity index (χ2v) is 10.3. The van der Waals surface area contributed by atoms with Crippen LogP contribution in [0.2, 0.25) is 0 Å². The summed E-state index contributed by atoms with van der Waals surface area (Å²) in [5.41, 5.74) is 1.10. The van der Waals surface area contributed by atoms with E-state index in [1.54, 1.807) is 23.1 Å². The van der Waals surface area contributed by atoms with E-state index in [1.807, 2.05) is 13.0 Å². The van der Waals surface area contributed by atoms with E-state index >= 15 is 0 Å². The first-order valence-corrected chi connectivity index (χ1v) is 14.2. The van der Waals surface area contributed by atoms with E-state index in [0.29, 0.717) is 17.5 Å². The van der Waals surface area contributed by atoms with Gasteiger partial charge in [-0.2, -0.15) is 0 Å². The number of nitrogens with one attached hydrogen (secondary N) is 1. The number of aromatic nitrogens is 1. The van der Waals surface area contributed by atoms with Crippen LogP contribution in [0.3, 0.4) is 0 Å². The fourth-order valence-corrected chi connectivity index (χ4v) is 4.97. The third-order valence-electron chi connectivity index (χ3n) is 6.63. The number of hydrogen-bond donors (Lipinski definition) is 1. The van der Waals surface area contributed by atoms with Crippen LogP contribution in [0.5, 0.6) is 0 Å². The van der Waals surface area contributed by atoms with Gasteiger partial charge in [0, 0.05) is 13.1 Å². The molecule has 0 bridgehead atoms. The number of hydrogen-bond acceptors (Lipinski definition) is 7. The van der Waals surface area contributed by atoms with Crippen molar-refractivity contribution in [2.24, 2.45) is 5.92 Å². The van der Waals surface area contributed by atoms with Gasteiger partial charge in [0.1, 0.15) is 17.3 Å². The molecule has 0 unspecified atom stereocenters. The summed E-state index contributed by atoms with van der Waals surface area (Å²) in [5, 5.41) is 2.58. The molecule has 1 N–H and O–H groups in total. The molecule has 1 saturated carbocycles. The maximum atomic E-state index is 12.8. The Morgan fingerprint density at radius 3 is 2.50 bits per heavy atom. The standard InChI is InChI=1S/C20H25N3O5S.C7H14/c1-2-3-8-15(18(25)19-21-14-9-4-5-10-16(14)27-19)22-20(26)28-29-13-17(24)23-11-6-7-12-23;1-7-5-3-2-4-6-7/h4-5,9-10,15H,2-3,6-8,11-13H2,1H3,(H,22,26);7H,2-6H2,1H3/t15-;/m0./s1. The molecule has 2 aliphatic rings. The van der Waals surface area contributed by atoms with Gasteiger partial charge in [-0.1, -0.05) is 70.9 Å². The Morgan fingerprint density at radius 1 is 1.14 bits per heavy atom. The monoisotopic (exact) mass is 517 g/mol. The van der Waals surface area contributed by atoms with Crippen molar-refractivity contribution < 1.29 is 23.0 Å². The van der Waals surface area contributed by atoms with Gasteiger partial charge in [0.05, 0.1) is 12.0 Å². The molecule has 36 heavy (non-hydrogen) atoms. The van der Waals surface area contributed by atoms with Crippen molar-refractivity contribution in [2.45, 2.75) is 84.1 Å². The Hall–Kier alpha value is -2.55. The Bertz CT molecular complexity index is 950. The van der Waals surface area contributed by atoms with E-state index < -0.39 is 17.9 Å². The molecular formula is C27H39N3O5S. The number of oxazole rings is 1. The van der Waals surface area contributed by atoms with Gasteiger partial charge in [0.15, 0.2) is 5.58 Å². The number of benzene rings is 1. The van der Waals surface area contributed by atoms with Gasteiger partial charge in [-0.3, -0.25) is 9.59 Å². The minimum Gasteiger partial charge on any atom is -0.434 e. The summed E-state index contributed by atoms with van der Waals surface area (Å²) in [4.78, 5) is 42.9. The predicted molar refractivity (Wildman–Crippen MR) is 142 cm³/mol. The Morgan fingerprint density at radius 2 is 1.86 bits per heavy atom. The number of nitrogens with zero attached hydrogens (tertiary/aromatic N) is 2. The molecule has 2 aromatic rings. The SMILES string of the molecule is CC1CCCCC1.CCCC[C@H](NC(=O)OSCC(=O)N1CCCC1)C(=O)c1nc2ccccc2o1. The molecule has 0 spiro atoms. The Balaban J connectivity index is 0.000000444. The number of ketones is 1. The largest absolute Gasteiger partial charge is 0.434 e. The number of unbranched alkanes of at least 4 members (excludes halogenated alkanes) is 1. The van der Waals surface area contributed by atoms with Crippen molar-refractivity contribution in [3.63, 3.8) is 0 Å². The normalized spacial score (nSPS) is 16.8. The van der Waals surface area contributed by atoms with E-state index in [1.165, 1.54) is 32.1 Å². The summed E-state index contributed by atoms with van der Waals surface area (Å²) >= 11 is 0.780. The number of carbonyl (C=O) groups is 3. The highest BCUT2D eigenvalue weighted by Gasteiger charge is 2.27. The van der Waals surface area contributed by atoms with Gasteiger partial charge in [-0.05, 0) is 37.3 Å². The molecule has 1 aromatic heterocycles. The van der Waals surface area contributed by atoms with Gasteiger partial charge in [-0.25, -0.2) is 9.78 Å². The van der Waals surface area contributed by atoms with Crippen molar-refractivity contribution in [1.29, 1.82) is 0 Å². The van der Waals surface area contributed by atoms with Crippen molar-refractivity contribution in [3.05, 3.63) is 30.2 Å². The molecule has 8 nitrogen and oxygen atoms in total. The van der Waals surface area contributed by atoms with Gasteiger partial charge >= 0.3 is 6.09 Å². The Kier molecular flexibility index (Phi) is 11.6. The summed E-state index contributed by atoms with van der Waals surface area (Å²) in [6.45, 7) is 5.87. The fourth-order valence-electron chi connectivity index (χ4n) is 4.47. The maximum absolute atomic E-state index is 12.8. The van der Waals surface area contributed by atoms with E-state index in [9.17, 15) is 14.4 Å². The van der Waals surface area contributed by atoms with Crippen molar-refractivity contribution in [1.82, 2.24) is 15.2 Å². The van der Waals surface area contributed by atoms with Gasteiger partial charge < -0.3 is 18.8 Å². The summed E-state index contributed by atoms with van der Waals surface area (Å²) in [7, 11) is 0. The van der Waals surface area contributed by atoms with Gasteiger partial charge in [0.25, 0.3) is 5.89 Å². The van der Waals surface area contributed by atoms with Crippen LogP contribution in [-0.2, 0) is 8.98 Å². The first-order chi connectivity index (χ1) is 17.5. The average Bonchev–Trinajstić information content (AvgIpc) is 3.57. The Labute approximate surface area is 218 Å². The number of fused-ring (bicyclic) bond motifs is 1.